The Kier molecular flexibility index (Phi) is 7.14. The molecule has 2 aliphatic heterocycles. The number of sulfonamides is 1. The average molecular weight is 478 g/mol. The van der Waals surface area contributed by atoms with Crippen LogP contribution in [0.3, 0.4) is 0 Å². The molecular formula is C22H31N5O3S2. The second-order valence-electron chi connectivity index (χ2n) is 8.92. The number of nitrogens with zero attached hydrogens (tertiary/aromatic N) is 4. The molecule has 2 fully saturated rings. The Bertz CT molecular complexity index is 993. The van der Waals surface area contributed by atoms with Crippen molar-refractivity contribution in [2.24, 2.45) is 11.8 Å². The smallest absolute Gasteiger partial charge is 0.243 e. The van der Waals surface area contributed by atoms with E-state index in [-0.39, 0.29) is 10.8 Å². The third-order valence-electron chi connectivity index (χ3n) is 6.04. The summed E-state index contributed by atoms with van der Waals surface area (Å²) in [4.78, 5) is 21.5. The summed E-state index contributed by atoms with van der Waals surface area (Å²) < 4.78 is 27.6. The molecule has 0 bridgehead atoms. The van der Waals surface area contributed by atoms with Gasteiger partial charge in [-0.3, -0.25) is 9.69 Å². The third-order valence-corrected chi connectivity index (χ3v) is 8.72. The van der Waals surface area contributed by atoms with Crippen LogP contribution in [0.15, 0.2) is 40.7 Å². The number of hydrogen-bond donors (Lipinski definition) is 1. The number of piperidine rings is 1. The van der Waals surface area contributed by atoms with Gasteiger partial charge in [0.05, 0.1) is 11.4 Å². The molecule has 1 aromatic carbocycles. The molecule has 1 aromatic heterocycles. The molecule has 174 valence electrons. The largest absolute Gasteiger partial charge is 0.346 e. The first-order valence-electron chi connectivity index (χ1n) is 11.1. The normalized spacial score (nSPS) is 23.2. The van der Waals surface area contributed by atoms with Gasteiger partial charge in [0.2, 0.25) is 15.9 Å². The van der Waals surface area contributed by atoms with Crippen LogP contribution in [0.2, 0.25) is 0 Å². The van der Waals surface area contributed by atoms with Crippen molar-refractivity contribution in [1.29, 1.82) is 0 Å². The zero-order valence-electron chi connectivity index (χ0n) is 18.6. The van der Waals surface area contributed by atoms with Gasteiger partial charge < -0.3 is 10.2 Å². The molecule has 3 heterocycles. The van der Waals surface area contributed by atoms with Gasteiger partial charge in [-0.25, -0.2) is 13.4 Å². The van der Waals surface area contributed by atoms with Crippen molar-refractivity contribution in [2.75, 3.05) is 56.0 Å². The summed E-state index contributed by atoms with van der Waals surface area (Å²) in [7, 11) is -3.52. The van der Waals surface area contributed by atoms with Crippen molar-refractivity contribution in [2.45, 2.75) is 25.2 Å². The van der Waals surface area contributed by atoms with Crippen LogP contribution in [0.25, 0.3) is 0 Å². The zero-order chi connectivity index (χ0) is 22.7. The second kappa shape index (κ2) is 9.86. The van der Waals surface area contributed by atoms with E-state index in [1.807, 2.05) is 11.6 Å². The lowest BCUT2D eigenvalue weighted by Gasteiger charge is -2.34. The summed E-state index contributed by atoms with van der Waals surface area (Å²) in [5.41, 5.74) is 0.607. The molecular weight excluding hydrogens is 446 g/mol. The molecule has 2 atom stereocenters. The molecule has 0 saturated carbocycles. The third kappa shape index (κ3) is 5.48. The maximum atomic E-state index is 13.0. The first kappa shape index (κ1) is 23.2. The van der Waals surface area contributed by atoms with Gasteiger partial charge in [0.1, 0.15) is 0 Å². The van der Waals surface area contributed by atoms with E-state index in [4.69, 9.17) is 0 Å². The maximum absolute atomic E-state index is 13.0. The summed E-state index contributed by atoms with van der Waals surface area (Å²) in [5, 5.41) is 5.88. The van der Waals surface area contributed by atoms with E-state index in [1.165, 1.54) is 0 Å². The summed E-state index contributed by atoms with van der Waals surface area (Å²) in [6, 6.07) is 6.51. The van der Waals surface area contributed by atoms with Gasteiger partial charge in [-0.15, -0.1) is 11.3 Å². The minimum atomic E-state index is -3.52. The summed E-state index contributed by atoms with van der Waals surface area (Å²) in [6.45, 7) is 8.92. The molecule has 1 N–H and O–H groups in total. The molecule has 0 aliphatic carbocycles. The van der Waals surface area contributed by atoms with Crippen molar-refractivity contribution < 1.29 is 13.2 Å². The fourth-order valence-electron chi connectivity index (χ4n) is 4.53. The minimum absolute atomic E-state index is 0.0954. The van der Waals surface area contributed by atoms with E-state index in [1.54, 1.807) is 39.9 Å². The Morgan fingerprint density at radius 1 is 1.09 bits per heavy atom. The number of anilines is 2. The standard InChI is InChI=1S/C22H31N5O3S2/c1-17-13-18(2)15-27(14-17)32(29,30)20-5-3-19(4-6-20)24-21(28)16-25-8-10-26(11-9-25)22-23-7-12-31-22/h3-7,12,17-18H,8-11,13-16H2,1-2H3,(H,24,28). The Balaban J connectivity index is 1.29. The number of benzene rings is 1. The Morgan fingerprint density at radius 2 is 1.75 bits per heavy atom. The van der Waals surface area contributed by atoms with E-state index in [9.17, 15) is 13.2 Å². The Labute approximate surface area is 194 Å². The van der Waals surface area contributed by atoms with Crippen molar-refractivity contribution >= 4 is 38.1 Å². The molecule has 1 amide bonds. The summed E-state index contributed by atoms with van der Waals surface area (Å²) in [6.07, 6.45) is 2.86. The zero-order valence-corrected chi connectivity index (χ0v) is 20.2. The lowest BCUT2D eigenvalue weighted by atomic mass is 9.94. The molecule has 10 heteroatoms. The number of amides is 1. The fraction of sp³-hybridized carbons (Fsp3) is 0.545. The van der Waals surface area contributed by atoms with E-state index in [2.05, 4.69) is 33.9 Å². The van der Waals surface area contributed by atoms with Crippen LogP contribution in [0.5, 0.6) is 0 Å². The van der Waals surface area contributed by atoms with Gasteiger partial charge in [-0.1, -0.05) is 13.8 Å². The number of rotatable bonds is 6. The van der Waals surface area contributed by atoms with Crippen LogP contribution in [0.4, 0.5) is 10.8 Å². The van der Waals surface area contributed by atoms with Crippen molar-refractivity contribution in [3.63, 3.8) is 0 Å². The predicted octanol–water partition coefficient (Wildman–Crippen LogP) is 2.57. The van der Waals surface area contributed by atoms with E-state index in [0.29, 0.717) is 37.2 Å². The molecule has 2 saturated heterocycles. The SMILES string of the molecule is CC1CC(C)CN(S(=O)(=O)c2ccc(NC(=O)CN3CCN(c4nccs4)CC3)cc2)C1. The van der Waals surface area contributed by atoms with Crippen molar-refractivity contribution in [3.05, 3.63) is 35.8 Å². The van der Waals surface area contributed by atoms with Crippen LogP contribution in [0, 0.1) is 11.8 Å². The van der Waals surface area contributed by atoms with Gasteiger partial charge in [-0.2, -0.15) is 4.31 Å². The van der Waals surface area contributed by atoms with Crippen molar-refractivity contribution in [1.82, 2.24) is 14.2 Å². The van der Waals surface area contributed by atoms with E-state index in [0.717, 1.165) is 37.7 Å². The highest BCUT2D eigenvalue weighted by atomic mass is 32.2. The van der Waals surface area contributed by atoms with Gasteiger partial charge in [-0.05, 0) is 42.5 Å². The highest BCUT2D eigenvalue weighted by molar-refractivity contribution is 7.89. The first-order valence-corrected chi connectivity index (χ1v) is 13.4. The lowest BCUT2D eigenvalue weighted by molar-refractivity contribution is -0.117. The number of carbonyl (C=O) groups excluding carboxylic acids is 1. The van der Waals surface area contributed by atoms with Gasteiger partial charge in [0, 0.05) is 56.5 Å². The molecule has 2 aromatic rings. The number of piperazine rings is 1. The first-order chi connectivity index (χ1) is 15.3. The predicted molar refractivity (Wildman–Crippen MR) is 128 cm³/mol. The van der Waals surface area contributed by atoms with Crippen LogP contribution in [0.1, 0.15) is 20.3 Å². The summed E-state index contributed by atoms with van der Waals surface area (Å²) >= 11 is 1.63. The second-order valence-corrected chi connectivity index (χ2v) is 11.7. The number of thiazole rings is 1. The average Bonchev–Trinajstić information content (AvgIpc) is 3.29. The fourth-order valence-corrected chi connectivity index (χ4v) is 6.91. The monoisotopic (exact) mass is 477 g/mol. The molecule has 2 unspecified atom stereocenters. The molecule has 2 aliphatic rings. The Morgan fingerprint density at radius 3 is 2.34 bits per heavy atom. The van der Waals surface area contributed by atoms with Gasteiger partial charge >= 0.3 is 0 Å². The summed E-state index contributed by atoms with van der Waals surface area (Å²) in [5.74, 6) is 0.619. The molecule has 4 rings (SSSR count). The lowest BCUT2D eigenvalue weighted by Crippen LogP contribution is -2.48. The quantitative estimate of drug-likeness (QED) is 0.688. The van der Waals surface area contributed by atoms with E-state index >= 15 is 0 Å². The highest BCUT2D eigenvalue weighted by Gasteiger charge is 2.31. The van der Waals surface area contributed by atoms with E-state index < -0.39 is 10.0 Å². The number of aromatic nitrogens is 1. The minimum Gasteiger partial charge on any atom is -0.346 e. The van der Waals surface area contributed by atoms with Gasteiger partial charge in [0.25, 0.3) is 0 Å². The van der Waals surface area contributed by atoms with Gasteiger partial charge in [0.15, 0.2) is 5.13 Å². The molecule has 0 spiro atoms. The van der Waals surface area contributed by atoms with Crippen LogP contribution in [-0.4, -0.2) is 74.3 Å². The molecule has 0 radical (unpaired) electrons. The molecule has 8 nitrogen and oxygen atoms in total. The van der Waals surface area contributed by atoms with Crippen LogP contribution >= 0.6 is 11.3 Å². The number of hydrogen-bond acceptors (Lipinski definition) is 7. The Hall–Kier alpha value is -2.01. The van der Waals surface area contributed by atoms with Crippen LogP contribution in [-0.2, 0) is 14.8 Å². The topological polar surface area (TPSA) is 85.8 Å². The van der Waals surface area contributed by atoms with Crippen LogP contribution < -0.4 is 10.2 Å². The highest BCUT2D eigenvalue weighted by Crippen LogP contribution is 2.27. The molecule has 32 heavy (non-hydrogen) atoms. The van der Waals surface area contributed by atoms with Crippen molar-refractivity contribution in [3.8, 4) is 0 Å². The number of carbonyl (C=O) groups is 1. The number of nitrogens with one attached hydrogen (secondary N) is 1. The maximum Gasteiger partial charge on any atom is 0.243 e.